The second-order valence-corrected chi connectivity index (χ2v) is 4.80. The van der Waals surface area contributed by atoms with Crippen LogP contribution in [0.25, 0.3) is 0 Å². The van der Waals surface area contributed by atoms with Crippen LogP contribution in [0.2, 0.25) is 5.15 Å². The monoisotopic (exact) mass is 319 g/mol. The van der Waals surface area contributed by atoms with Gasteiger partial charge in [0.25, 0.3) is 0 Å². The Balaban J connectivity index is 1.92. The highest BCUT2D eigenvalue weighted by atomic mass is 35.5. The summed E-state index contributed by atoms with van der Waals surface area (Å²) in [6.07, 6.45) is -1.87. The lowest BCUT2D eigenvalue weighted by molar-refractivity contribution is -0.154. The molecule has 1 aromatic rings. The van der Waals surface area contributed by atoms with Crippen molar-refractivity contribution >= 4 is 11.6 Å². The average Bonchev–Trinajstić information content (AvgIpc) is 2.45. The van der Waals surface area contributed by atoms with Gasteiger partial charge in [0.2, 0.25) is 0 Å². The topological polar surface area (TPSA) is 31.4 Å². The molecule has 2 heterocycles. The summed E-state index contributed by atoms with van der Waals surface area (Å²) in [7, 11) is 0. The maximum atomic E-state index is 12.4. The third-order valence-electron chi connectivity index (χ3n) is 2.84. The van der Waals surface area contributed by atoms with E-state index in [1.807, 2.05) is 0 Å². The van der Waals surface area contributed by atoms with E-state index < -0.39 is 11.9 Å². The summed E-state index contributed by atoms with van der Waals surface area (Å²) in [6, 6.07) is 2.04. The predicted octanol–water partition coefficient (Wildman–Crippen LogP) is 3.65. The molecule has 0 bridgehead atoms. The van der Waals surface area contributed by atoms with Crippen LogP contribution in [0.3, 0.4) is 0 Å². The van der Waals surface area contributed by atoms with Crippen molar-refractivity contribution in [2.24, 2.45) is 0 Å². The summed E-state index contributed by atoms with van der Waals surface area (Å²) in [5.41, 5.74) is -0.803. The molecule has 1 saturated heterocycles. The van der Waals surface area contributed by atoms with E-state index in [-0.39, 0.29) is 23.6 Å². The number of halogens is 4. The van der Waals surface area contributed by atoms with Crippen molar-refractivity contribution in [2.75, 3.05) is 13.2 Å². The predicted molar refractivity (Wildman–Crippen MR) is 70.7 cm³/mol. The van der Waals surface area contributed by atoms with Crippen molar-refractivity contribution < 1.29 is 22.6 Å². The highest BCUT2D eigenvalue weighted by Gasteiger charge is 2.32. The van der Waals surface area contributed by atoms with E-state index in [2.05, 4.69) is 16.8 Å². The van der Waals surface area contributed by atoms with E-state index in [1.54, 1.807) is 0 Å². The molecule has 0 aliphatic carbocycles. The van der Waals surface area contributed by atoms with E-state index in [1.165, 1.54) is 6.07 Å². The number of hydrogen-bond donors (Lipinski definition) is 0. The molecule has 0 amide bonds. The summed E-state index contributed by atoms with van der Waals surface area (Å²) < 4.78 is 48.0. The molecule has 2 rings (SSSR count). The highest BCUT2D eigenvalue weighted by Crippen LogP contribution is 2.29. The second kappa shape index (κ2) is 7.12. The molecule has 114 valence electrons. The Bertz CT molecular complexity index is 545. The van der Waals surface area contributed by atoms with Gasteiger partial charge in [0.05, 0.1) is 5.56 Å². The molecule has 0 saturated carbocycles. The fourth-order valence-electron chi connectivity index (χ4n) is 1.79. The van der Waals surface area contributed by atoms with Gasteiger partial charge in [-0.2, -0.15) is 13.2 Å². The SMILES string of the molecule is FC(F)(F)c1ccc(C#CCOC2CCCCO2)c(Cl)n1. The number of aromatic nitrogens is 1. The summed E-state index contributed by atoms with van der Waals surface area (Å²) >= 11 is 5.68. The molecule has 0 radical (unpaired) electrons. The van der Waals surface area contributed by atoms with E-state index in [4.69, 9.17) is 21.1 Å². The van der Waals surface area contributed by atoms with Gasteiger partial charge in [0.15, 0.2) is 6.29 Å². The van der Waals surface area contributed by atoms with Crippen LogP contribution >= 0.6 is 11.6 Å². The van der Waals surface area contributed by atoms with Crippen molar-refractivity contribution in [3.8, 4) is 11.8 Å². The fourth-order valence-corrected chi connectivity index (χ4v) is 2.00. The molecule has 1 aliphatic heterocycles. The van der Waals surface area contributed by atoms with Gasteiger partial charge in [-0.3, -0.25) is 0 Å². The number of pyridine rings is 1. The van der Waals surface area contributed by atoms with Crippen LogP contribution in [0.4, 0.5) is 13.2 Å². The zero-order valence-corrected chi connectivity index (χ0v) is 11.8. The maximum Gasteiger partial charge on any atom is 0.433 e. The van der Waals surface area contributed by atoms with Gasteiger partial charge < -0.3 is 9.47 Å². The van der Waals surface area contributed by atoms with E-state index in [9.17, 15) is 13.2 Å². The summed E-state index contributed by atoms with van der Waals surface area (Å²) in [6.45, 7) is 0.800. The van der Waals surface area contributed by atoms with Crippen molar-refractivity contribution in [1.29, 1.82) is 0 Å². The van der Waals surface area contributed by atoms with Gasteiger partial charge in [0.1, 0.15) is 17.5 Å². The van der Waals surface area contributed by atoms with Gasteiger partial charge in [-0.15, -0.1) is 0 Å². The van der Waals surface area contributed by atoms with E-state index in [0.717, 1.165) is 25.3 Å². The Labute approximate surface area is 125 Å². The average molecular weight is 320 g/mol. The van der Waals surface area contributed by atoms with Crippen LogP contribution in [0.15, 0.2) is 12.1 Å². The normalized spacial score (nSPS) is 19.0. The van der Waals surface area contributed by atoms with Crippen molar-refractivity contribution in [2.45, 2.75) is 31.7 Å². The molecule has 21 heavy (non-hydrogen) atoms. The van der Waals surface area contributed by atoms with Gasteiger partial charge in [0, 0.05) is 6.61 Å². The van der Waals surface area contributed by atoms with Gasteiger partial charge in [-0.1, -0.05) is 23.4 Å². The highest BCUT2D eigenvalue weighted by molar-refractivity contribution is 6.30. The molecule has 0 aromatic carbocycles. The first kappa shape index (κ1) is 16.1. The van der Waals surface area contributed by atoms with Crippen LogP contribution in [-0.2, 0) is 15.7 Å². The van der Waals surface area contributed by atoms with Crippen LogP contribution in [0, 0.1) is 11.8 Å². The lowest BCUT2D eigenvalue weighted by Crippen LogP contribution is -2.22. The molecule has 0 N–H and O–H groups in total. The van der Waals surface area contributed by atoms with E-state index in [0.29, 0.717) is 6.61 Å². The molecule has 1 fully saturated rings. The number of ether oxygens (including phenoxy) is 2. The summed E-state index contributed by atoms with van der Waals surface area (Å²) in [4.78, 5) is 3.29. The molecular formula is C14H13ClF3NO2. The Morgan fingerprint density at radius 1 is 1.38 bits per heavy atom. The van der Waals surface area contributed by atoms with Crippen LogP contribution < -0.4 is 0 Å². The van der Waals surface area contributed by atoms with Crippen molar-refractivity contribution in [3.05, 3.63) is 28.5 Å². The molecule has 3 nitrogen and oxygen atoms in total. The van der Waals surface area contributed by atoms with Crippen LogP contribution in [0.5, 0.6) is 0 Å². The zero-order valence-electron chi connectivity index (χ0n) is 11.0. The standard InChI is InChI=1S/C14H13ClF3NO2/c15-13-10(6-7-11(19-13)14(16,17)18)4-3-9-21-12-5-1-2-8-20-12/h6-7,12H,1-2,5,8-9H2. The number of rotatable bonds is 2. The summed E-state index contributed by atoms with van der Waals surface area (Å²) in [5.74, 6) is 5.33. The molecule has 1 unspecified atom stereocenters. The lowest BCUT2D eigenvalue weighted by Gasteiger charge is -2.21. The number of nitrogens with zero attached hydrogens (tertiary/aromatic N) is 1. The third-order valence-corrected chi connectivity index (χ3v) is 3.13. The van der Waals surface area contributed by atoms with Gasteiger partial charge in [-0.25, -0.2) is 4.98 Å². The van der Waals surface area contributed by atoms with Crippen LogP contribution in [0.1, 0.15) is 30.5 Å². The molecule has 1 aromatic heterocycles. The molecule has 1 aliphatic rings. The minimum atomic E-state index is -4.52. The first-order valence-corrected chi connectivity index (χ1v) is 6.80. The minimum Gasteiger partial charge on any atom is -0.353 e. The first-order valence-electron chi connectivity index (χ1n) is 6.42. The molecule has 7 heteroatoms. The molecule has 1 atom stereocenters. The Hall–Kier alpha value is -1.29. The third kappa shape index (κ3) is 4.88. The van der Waals surface area contributed by atoms with Gasteiger partial charge >= 0.3 is 6.18 Å². The van der Waals surface area contributed by atoms with E-state index >= 15 is 0 Å². The smallest absolute Gasteiger partial charge is 0.353 e. The Morgan fingerprint density at radius 2 is 2.19 bits per heavy atom. The Kier molecular flexibility index (Phi) is 5.45. The quantitative estimate of drug-likeness (QED) is 0.616. The fraction of sp³-hybridized carbons (Fsp3) is 0.500. The molecule has 0 spiro atoms. The van der Waals surface area contributed by atoms with Crippen molar-refractivity contribution in [3.63, 3.8) is 0 Å². The number of alkyl halides is 3. The zero-order chi connectivity index (χ0) is 15.3. The number of hydrogen-bond acceptors (Lipinski definition) is 3. The molecular weight excluding hydrogens is 307 g/mol. The minimum absolute atomic E-state index is 0.127. The van der Waals surface area contributed by atoms with Gasteiger partial charge in [-0.05, 0) is 31.4 Å². The van der Waals surface area contributed by atoms with Crippen molar-refractivity contribution in [1.82, 2.24) is 4.98 Å². The lowest BCUT2D eigenvalue weighted by atomic mass is 10.2. The maximum absolute atomic E-state index is 12.4. The summed E-state index contributed by atoms with van der Waals surface area (Å²) in [5, 5.41) is -0.272. The Morgan fingerprint density at radius 3 is 2.81 bits per heavy atom. The van der Waals surface area contributed by atoms with Crippen LogP contribution in [-0.4, -0.2) is 24.5 Å². The second-order valence-electron chi connectivity index (χ2n) is 4.44. The largest absolute Gasteiger partial charge is 0.433 e. The first-order chi connectivity index (χ1) is 9.97.